The molecule has 13 rings (SSSR count). The van der Waals surface area contributed by atoms with Crippen LogP contribution >= 0.6 is 45.3 Å². The van der Waals surface area contributed by atoms with Gasteiger partial charge < -0.3 is 9.13 Å². The van der Waals surface area contributed by atoms with Gasteiger partial charge in [-0.25, -0.2) is 0 Å². The van der Waals surface area contributed by atoms with E-state index in [0.717, 1.165) is 74.6 Å². The summed E-state index contributed by atoms with van der Waals surface area (Å²) in [5.41, 5.74) is 7.02. The van der Waals surface area contributed by atoms with Crippen molar-refractivity contribution in [2.45, 2.75) is 0 Å². The Kier molecular flexibility index (Phi) is 7.79. The molecule has 0 amide bonds. The summed E-state index contributed by atoms with van der Waals surface area (Å²) < 4.78 is 9.05. The van der Waals surface area contributed by atoms with Crippen LogP contribution in [0.5, 0.6) is 0 Å². The lowest BCUT2D eigenvalue weighted by Crippen LogP contribution is -2.14. The Bertz CT molecular complexity index is 3790. The number of hydrogen-bond acceptors (Lipinski definition) is 6. The highest BCUT2D eigenvalue weighted by molar-refractivity contribution is 7.23. The van der Waals surface area contributed by atoms with E-state index in [1.807, 2.05) is 26.2 Å². The van der Waals surface area contributed by atoms with E-state index in [0.29, 0.717) is 21.5 Å². The van der Waals surface area contributed by atoms with Gasteiger partial charge in [0, 0.05) is 74.3 Å². The van der Waals surface area contributed by atoms with Crippen LogP contribution in [0.4, 0.5) is 0 Å². The Morgan fingerprint density at radius 1 is 0.355 bits per heavy atom. The van der Waals surface area contributed by atoms with Gasteiger partial charge in [0.1, 0.15) is 0 Å². The average Bonchev–Trinajstić information content (AvgIpc) is 4.13. The molecular formula is C54H32N2O2S4. The van der Waals surface area contributed by atoms with Crippen LogP contribution in [0.15, 0.2) is 167 Å². The molecule has 0 saturated heterocycles. The molecule has 0 radical (unpaired) electrons. The lowest BCUT2D eigenvalue weighted by molar-refractivity contribution is 0.994. The highest BCUT2D eigenvalue weighted by Gasteiger charge is 2.23. The van der Waals surface area contributed by atoms with Crippen molar-refractivity contribution in [2.75, 3.05) is 0 Å². The van der Waals surface area contributed by atoms with Crippen LogP contribution in [0, 0.1) is 0 Å². The summed E-state index contributed by atoms with van der Waals surface area (Å²) in [6, 6.07) is 55.3. The van der Waals surface area contributed by atoms with Crippen LogP contribution in [-0.4, -0.2) is 9.13 Å². The Labute approximate surface area is 370 Å². The zero-order valence-corrected chi connectivity index (χ0v) is 36.6. The van der Waals surface area contributed by atoms with Gasteiger partial charge in [0.05, 0.1) is 32.8 Å². The monoisotopic (exact) mass is 868 g/mol. The lowest BCUT2D eigenvalue weighted by Gasteiger charge is -2.18. The molecule has 0 spiro atoms. The average molecular weight is 869 g/mol. The first kappa shape index (κ1) is 36.0. The number of aryl methyl sites for hydroxylation is 2. The molecule has 0 unspecified atom stereocenters. The number of fused-ring (bicyclic) bond motifs is 8. The molecule has 0 bridgehead atoms. The smallest absolute Gasteiger partial charge is 0.197 e. The van der Waals surface area contributed by atoms with Gasteiger partial charge >= 0.3 is 0 Å². The maximum Gasteiger partial charge on any atom is 0.197 e. The molecule has 6 aromatic heterocycles. The van der Waals surface area contributed by atoms with E-state index in [9.17, 15) is 0 Å². The minimum Gasteiger partial charge on any atom is -0.343 e. The highest BCUT2D eigenvalue weighted by Crippen LogP contribution is 2.44. The van der Waals surface area contributed by atoms with E-state index >= 15 is 9.59 Å². The van der Waals surface area contributed by atoms with Crippen molar-refractivity contribution in [3.8, 4) is 41.8 Å². The van der Waals surface area contributed by atoms with E-state index in [1.165, 1.54) is 29.6 Å². The molecule has 294 valence electrons. The zero-order valence-electron chi connectivity index (χ0n) is 33.4. The van der Waals surface area contributed by atoms with Crippen molar-refractivity contribution in [1.82, 2.24) is 9.13 Å². The van der Waals surface area contributed by atoms with Crippen LogP contribution < -0.4 is 10.9 Å². The second-order valence-corrected chi connectivity index (χ2v) is 20.4. The minimum atomic E-state index is -0.0390. The fraction of sp³-hybridized carbons (Fsp3) is 0.0370. The molecule has 0 aliphatic rings. The first-order valence-electron chi connectivity index (χ1n) is 20.4. The number of nitrogens with zero attached hydrogens (tertiary/aromatic N) is 2. The second kappa shape index (κ2) is 13.4. The van der Waals surface area contributed by atoms with Gasteiger partial charge in [0.25, 0.3) is 0 Å². The molecule has 7 aromatic carbocycles. The van der Waals surface area contributed by atoms with E-state index in [1.54, 1.807) is 45.3 Å². The van der Waals surface area contributed by atoms with Crippen LogP contribution in [0.3, 0.4) is 0 Å². The maximum atomic E-state index is 15.3. The van der Waals surface area contributed by atoms with Crippen molar-refractivity contribution in [1.29, 1.82) is 0 Å². The van der Waals surface area contributed by atoms with Crippen LogP contribution in [0.1, 0.15) is 0 Å². The number of benzene rings is 7. The molecule has 0 atom stereocenters. The predicted octanol–water partition coefficient (Wildman–Crippen LogP) is 15.2. The third-order valence-electron chi connectivity index (χ3n) is 12.5. The largest absolute Gasteiger partial charge is 0.343 e. The topological polar surface area (TPSA) is 44.0 Å². The maximum absolute atomic E-state index is 15.3. The molecule has 0 fully saturated rings. The van der Waals surface area contributed by atoms with Crippen molar-refractivity contribution in [2.24, 2.45) is 14.1 Å². The van der Waals surface area contributed by atoms with Gasteiger partial charge in [-0.2, -0.15) is 0 Å². The molecule has 13 aromatic rings. The lowest BCUT2D eigenvalue weighted by atomic mass is 9.96. The fourth-order valence-electron chi connectivity index (χ4n) is 9.43. The summed E-state index contributed by atoms with van der Waals surface area (Å²) in [5, 5.41) is 7.24. The van der Waals surface area contributed by atoms with Crippen LogP contribution in [0.2, 0.25) is 0 Å². The summed E-state index contributed by atoms with van der Waals surface area (Å²) in [4.78, 5) is 35.0. The normalized spacial score (nSPS) is 12.2. The van der Waals surface area contributed by atoms with Crippen LogP contribution in [-0.2, 0) is 14.1 Å². The standard InChI is InChI=1S/C54H32N2O2S4/c1-55-39-27-36-40(56(2)42-22-34(48-24-30-12-4-8-16-44(30)60-48)20-38(52(42)54(36)58)50-26-32-14-6-10-18-46(32)62-50)28-35(39)53(57)51-37(49-25-31-13-5-9-17-45(31)61-49)19-33(21-41(51)55)47-23-29-11-3-7-15-43(29)59-47/h3-28H,1-2H3. The molecule has 8 heteroatoms. The van der Waals surface area contributed by atoms with Crippen molar-refractivity contribution < 1.29 is 0 Å². The summed E-state index contributed by atoms with van der Waals surface area (Å²) in [6.45, 7) is 0. The van der Waals surface area contributed by atoms with Gasteiger partial charge in [-0.15, -0.1) is 45.3 Å². The molecule has 0 saturated carbocycles. The number of rotatable bonds is 4. The first-order chi connectivity index (χ1) is 30.3. The Hall–Kier alpha value is -6.68. The molecule has 6 heterocycles. The van der Waals surface area contributed by atoms with E-state index < -0.39 is 0 Å². The van der Waals surface area contributed by atoms with E-state index in [-0.39, 0.29) is 10.9 Å². The highest BCUT2D eigenvalue weighted by atomic mass is 32.1. The second-order valence-electron chi connectivity index (χ2n) is 16.1. The molecule has 4 nitrogen and oxygen atoms in total. The Balaban J connectivity index is 1.12. The first-order valence-corrected chi connectivity index (χ1v) is 23.7. The van der Waals surface area contributed by atoms with Gasteiger partial charge in [0.15, 0.2) is 10.9 Å². The molecular weight excluding hydrogens is 837 g/mol. The molecule has 0 aliphatic heterocycles. The predicted molar refractivity (Wildman–Crippen MR) is 270 cm³/mol. The summed E-state index contributed by atoms with van der Waals surface area (Å²) in [7, 11) is 4.07. The van der Waals surface area contributed by atoms with Crippen molar-refractivity contribution >= 4 is 129 Å². The molecule has 0 N–H and O–H groups in total. The zero-order chi connectivity index (χ0) is 41.4. The number of hydrogen-bond donors (Lipinski definition) is 0. The molecule has 0 aliphatic carbocycles. The third-order valence-corrected chi connectivity index (χ3v) is 17.2. The molecule has 62 heavy (non-hydrogen) atoms. The van der Waals surface area contributed by atoms with Crippen LogP contribution in [0.25, 0.3) is 126 Å². The SMILES string of the molecule is Cn1c2cc3c(=O)c4c(-c5cc6ccccc6s5)cc(-c5cc6ccccc6s5)cc4n(C)c3cc2c(=O)c2c(-c3cc4ccccc4s3)cc(-c3cc4ccccc4s3)cc21. The fourth-order valence-corrected chi connectivity index (χ4v) is 13.7. The number of aromatic nitrogens is 2. The van der Waals surface area contributed by atoms with E-state index in [4.69, 9.17) is 0 Å². The quantitative estimate of drug-likeness (QED) is 0.165. The third kappa shape index (κ3) is 5.34. The summed E-state index contributed by atoms with van der Waals surface area (Å²) in [6.07, 6.45) is 0. The van der Waals surface area contributed by atoms with Gasteiger partial charge in [-0.1, -0.05) is 72.8 Å². The Morgan fingerprint density at radius 3 is 1.03 bits per heavy atom. The van der Waals surface area contributed by atoms with Crippen molar-refractivity contribution in [3.63, 3.8) is 0 Å². The van der Waals surface area contributed by atoms with Gasteiger partial charge in [0.2, 0.25) is 0 Å². The summed E-state index contributed by atoms with van der Waals surface area (Å²) in [5.74, 6) is 0. The summed E-state index contributed by atoms with van der Waals surface area (Å²) >= 11 is 6.96. The van der Waals surface area contributed by atoms with Gasteiger partial charge in [-0.3, -0.25) is 9.59 Å². The Morgan fingerprint density at radius 2 is 0.677 bits per heavy atom. The van der Waals surface area contributed by atoms with Crippen molar-refractivity contribution in [3.05, 3.63) is 178 Å². The minimum absolute atomic E-state index is 0.0390. The number of pyridine rings is 2. The van der Waals surface area contributed by atoms with E-state index in [2.05, 4.69) is 155 Å². The van der Waals surface area contributed by atoms with Gasteiger partial charge in [-0.05, 0) is 118 Å². The number of thiophene rings is 4.